The van der Waals surface area contributed by atoms with Gasteiger partial charge in [0.1, 0.15) is 5.71 Å². The van der Waals surface area contributed by atoms with Crippen LogP contribution in [0.5, 0.6) is 11.5 Å². The van der Waals surface area contributed by atoms with Gasteiger partial charge in [-0.1, -0.05) is 19.9 Å². The average Bonchev–Trinajstić information content (AvgIpc) is 3.28. The molecule has 33 heavy (non-hydrogen) atoms. The molecule has 174 valence electrons. The van der Waals surface area contributed by atoms with Crippen LogP contribution in [-0.4, -0.2) is 27.9 Å². The number of halogens is 4. The Balaban J connectivity index is 1.90. The van der Waals surface area contributed by atoms with Crippen molar-refractivity contribution in [2.24, 2.45) is 0 Å². The third kappa shape index (κ3) is 2.74. The van der Waals surface area contributed by atoms with Gasteiger partial charge in [0, 0.05) is 23.8 Å². The number of rotatable bonds is 3. The predicted octanol–water partition coefficient (Wildman–Crippen LogP) is 6.20. The second-order valence-corrected chi connectivity index (χ2v) is 8.81. The summed E-state index contributed by atoms with van der Waals surface area (Å²) in [6.07, 6.45) is -2.53. The zero-order valence-corrected chi connectivity index (χ0v) is 19.4. The molecule has 0 radical (unpaired) electrons. The van der Waals surface area contributed by atoms with Gasteiger partial charge in [-0.2, -0.15) is 0 Å². The van der Waals surface area contributed by atoms with Crippen LogP contribution in [0.25, 0.3) is 5.57 Å². The van der Waals surface area contributed by atoms with Gasteiger partial charge >= 0.3 is 13.3 Å². The molecular formula is C24H25BF4N2O2. The van der Waals surface area contributed by atoms with Crippen molar-refractivity contribution in [3.05, 3.63) is 63.1 Å². The molecule has 0 N–H and O–H groups in total. The highest BCUT2D eigenvalue weighted by Crippen LogP contribution is 2.49. The summed E-state index contributed by atoms with van der Waals surface area (Å²) in [5, 5.41) is 0. The molecule has 3 aliphatic heterocycles. The summed E-state index contributed by atoms with van der Waals surface area (Å²) in [7, 11) is 0. The third-order valence-corrected chi connectivity index (χ3v) is 7.19. The lowest BCUT2D eigenvalue weighted by Gasteiger charge is -2.34. The van der Waals surface area contributed by atoms with Crippen LogP contribution in [0.3, 0.4) is 0 Å². The summed E-state index contributed by atoms with van der Waals surface area (Å²) in [6.45, 7) is 6.90. The number of benzene rings is 1. The first-order chi connectivity index (χ1) is 15.4. The third-order valence-electron chi connectivity index (χ3n) is 7.19. The van der Waals surface area contributed by atoms with Gasteiger partial charge in [0.05, 0.1) is 5.57 Å². The number of nitrogens with zero attached hydrogens (tertiary/aromatic N) is 2. The molecular weight excluding hydrogens is 435 g/mol. The molecule has 0 spiro atoms. The van der Waals surface area contributed by atoms with E-state index in [0.717, 1.165) is 31.2 Å². The minimum Gasteiger partial charge on any atom is -0.395 e. The van der Waals surface area contributed by atoms with Crippen molar-refractivity contribution in [3.63, 3.8) is 0 Å². The van der Waals surface area contributed by atoms with Crippen molar-refractivity contribution in [2.75, 3.05) is 0 Å². The largest absolute Gasteiger partial charge is 0.737 e. The second kappa shape index (κ2) is 6.78. The van der Waals surface area contributed by atoms with Gasteiger partial charge in [0.2, 0.25) is 0 Å². The van der Waals surface area contributed by atoms with E-state index in [-0.39, 0.29) is 11.5 Å². The molecule has 0 unspecified atom stereocenters. The molecule has 0 saturated carbocycles. The Kier molecular flexibility index (Phi) is 4.49. The summed E-state index contributed by atoms with van der Waals surface area (Å²) in [5.41, 5.74) is 6.30. The summed E-state index contributed by atoms with van der Waals surface area (Å²) in [6, 6.07) is 4.49. The lowest BCUT2D eigenvalue weighted by Crippen LogP contribution is -2.51. The first kappa shape index (κ1) is 21.9. The number of ether oxygens (including phenoxy) is 2. The van der Waals surface area contributed by atoms with Gasteiger partial charge in [-0.3, -0.25) is 0 Å². The molecule has 4 heterocycles. The van der Waals surface area contributed by atoms with E-state index in [4.69, 9.17) is 0 Å². The Morgan fingerprint density at radius 3 is 2.30 bits per heavy atom. The molecule has 4 nitrogen and oxygen atoms in total. The molecule has 0 aliphatic carbocycles. The highest BCUT2D eigenvalue weighted by Gasteiger charge is 2.57. The van der Waals surface area contributed by atoms with Crippen LogP contribution in [0.4, 0.5) is 17.4 Å². The van der Waals surface area contributed by atoms with Crippen LogP contribution >= 0.6 is 0 Å². The minimum absolute atomic E-state index is 0.0789. The number of allylic oxidation sites excluding steroid dienone is 2. The standard InChI is InChI=1S/C24H25BF4N2O2/c1-7-17-12(3)22-21(16-9-10-19-20(11-16)33-24(26,27)32-19)23-13(4)18(8-2)15(6)31(23)25(28,29)30(22)14(17)5/h9-11H,7-8H2,1-6H3. The van der Waals surface area contributed by atoms with Crippen molar-refractivity contribution in [2.45, 2.75) is 60.7 Å². The van der Waals surface area contributed by atoms with Crippen LogP contribution < -0.4 is 9.47 Å². The van der Waals surface area contributed by atoms with Crippen LogP contribution in [0.15, 0.2) is 35.0 Å². The van der Waals surface area contributed by atoms with Gasteiger partial charge in [-0.15, -0.1) is 8.78 Å². The molecule has 0 saturated heterocycles. The monoisotopic (exact) mass is 460 g/mol. The van der Waals surface area contributed by atoms with E-state index in [1.54, 1.807) is 19.9 Å². The molecule has 0 bridgehead atoms. The Morgan fingerprint density at radius 1 is 1.00 bits per heavy atom. The molecule has 1 aromatic heterocycles. The van der Waals surface area contributed by atoms with Gasteiger partial charge in [-0.05, 0) is 68.1 Å². The van der Waals surface area contributed by atoms with Crippen molar-refractivity contribution >= 4 is 18.3 Å². The first-order valence-corrected chi connectivity index (χ1v) is 11.2. The summed E-state index contributed by atoms with van der Waals surface area (Å²) in [4.78, 5) is 0. The molecule has 9 heteroatoms. The van der Waals surface area contributed by atoms with E-state index in [2.05, 4.69) is 9.47 Å². The molecule has 0 fully saturated rings. The molecule has 0 atom stereocenters. The van der Waals surface area contributed by atoms with E-state index in [0.29, 0.717) is 46.8 Å². The molecule has 2 aromatic rings. The highest BCUT2D eigenvalue weighted by atomic mass is 19.3. The van der Waals surface area contributed by atoms with Crippen LogP contribution in [0.1, 0.15) is 62.2 Å². The maximum Gasteiger partial charge on any atom is 0.737 e. The number of alkyl halides is 2. The van der Waals surface area contributed by atoms with E-state index < -0.39 is 13.3 Å². The van der Waals surface area contributed by atoms with Crippen molar-refractivity contribution < 1.29 is 31.4 Å². The lowest BCUT2D eigenvalue weighted by atomic mass is 9.83. The average molecular weight is 460 g/mol. The number of hydrogen-bond donors (Lipinski definition) is 0. The summed E-state index contributed by atoms with van der Waals surface area (Å²) in [5.74, 6) is -0.191. The number of hydrogen-bond acceptors (Lipinski definition) is 2. The van der Waals surface area contributed by atoms with Crippen molar-refractivity contribution in [1.29, 1.82) is 0 Å². The normalized spacial score (nSPS) is 20.1. The van der Waals surface area contributed by atoms with Crippen molar-refractivity contribution in [3.8, 4) is 11.5 Å². The molecule has 3 aliphatic rings. The highest BCUT2D eigenvalue weighted by molar-refractivity contribution is 6.58. The summed E-state index contributed by atoms with van der Waals surface area (Å²) < 4.78 is 71.3. The molecule has 5 rings (SSSR count). The zero-order chi connectivity index (χ0) is 24.0. The maximum absolute atomic E-state index is 16.2. The maximum atomic E-state index is 16.2. The fourth-order valence-electron chi connectivity index (χ4n) is 5.86. The Labute approximate surface area is 189 Å². The predicted molar refractivity (Wildman–Crippen MR) is 119 cm³/mol. The van der Waals surface area contributed by atoms with E-state index >= 15 is 8.63 Å². The molecule has 0 amide bonds. The Hall–Kier alpha value is -2.97. The Morgan fingerprint density at radius 2 is 1.67 bits per heavy atom. The van der Waals surface area contributed by atoms with Crippen LogP contribution in [-0.2, 0) is 6.42 Å². The lowest BCUT2D eigenvalue weighted by molar-refractivity contribution is -0.363. The fraction of sp³-hybridized carbons (Fsp3) is 0.375. The summed E-state index contributed by atoms with van der Waals surface area (Å²) >= 11 is 0. The minimum atomic E-state index is -4.14. The number of aromatic nitrogens is 1. The smallest absolute Gasteiger partial charge is 0.395 e. The van der Waals surface area contributed by atoms with Gasteiger partial charge in [-0.25, -0.2) is 0 Å². The van der Waals surface area contributed by atoms with Gasteiger partial charge in [0.15, 0.2) is 17.2 Å². The second-order valence-electron chi connectivity index (χ2n) is 8.81. The zero-order valence-electron chi connectivity index (χ0n) is 19.4. The van der Waals surface area contributed by atoms with Gasteiger partial charge in [0.25, 0.3) is 0 Å². The van der Waals surface area contributed by atoms with Crippen LogP contribution in [0.2, 0.25) is 0 Å². The van der Waals surface area contributed by atoms with Crippen molar-refractivity contribution in [1.82, 2.24) is 4.48 Å². The quantitative estimate of drug-likeness (QED) is 0.403. The van der Waals surface area contributed by atoms with E-state index in [1.165, 1.54) is 12.1 Å². The molecule has 1 aromatic carbocycles. The van der Waals surface area contributed by atoms with Crippen LogP contribution in [0, 0.1) is 13.8 Å². The first-order valence-electron chi connectivity index (χ1n) is 11.2. The fourth-order valence-corrected chi connectivity index (χ4v) is 5.86. The SMILES string of the molecule is CCC1=C(C)C2=C(c3ccc4c(c3)OC(F)(F)O4)c3c(C)c(CC)c(C)n3[B-](F)(F)[N+]2=C1C. The number of fused-ring (bicyclic) bond motifs is 3. The Bertz CT molecular complexity index is 1330. The van der Waals surface area contributed by atoms with E-state index in [1.807, 2.05) is 27.7 Å². The van der Waals surface area contributed by atoms with E-state index in [9.17, 15) is 8.78 Å². The van der Waals surface area contributed by atoms with Gasteiger partial charge < -0.3 is 27.1 Å². The topological polar surface area (TPSA) is 26.4 Å².